The zero-order valence-corrected chi connectivity index (χ0v) is 48.5. The number of phosphoric ester groups is 1. The van der Waals surface area contributed by atoms with E-state index in [0.29, 0.717) is 23.9 Å². The van der Waals surface area contributed by atoms with Gasteiger partial charge in [-0.2, -0.15) is 0 Å². The fraction of sp³-hybridized carbons (Fsp3) is 0.762. The highest BCUT2D eigenvalue weighted by Gasteiger charge is 2.24. The molecule has 0 radical (unpaired) electrons. The molecule has 8 nitrogen and oxygen atoms in total. The maximum atomic E-state index is 13.0. The van der Waals surface area contributed by atoms with Gasteiger partial charge in [-0.15, -0.1) is 0 Å². The number of carbonyl (C=O) groups excluding carboxylic acids is 1. The first kappa shape index (κ1) is 69.7. The van der Waals surface area contributed by atoms with E-state index in [2.05, 4.69) is 104 Å². The van der Waals surface area contributed by atoms with Crippen LogP contribution in [0.2, 0.25) is 0 Å². The fourth-order valence-electron chi connectivity index (χ4n) is 8.49. The number of carbonyl (C=O) groups is 1. The Kier molecular flexibility index (Phi) is 51.8. The van der Waals surface area contributed by atoms with Crippen LogP contribution in [0.1, 0.15) is 258 Å². The van der Waals surface area contributed by atoms with Crippen LogP contribution in [0.3, 0.4) is 0 Å². The molecule has 0 saturated heterocycles. The number of nitrogens with one attached hydrogen (secondary N) is 1. The van der Waals surface area contributed by atoms with Crippen molar-refractivity contribution in [3.05, 3.63) is 85.1 Å². The SMILES string of the molecule is CC/C=C\C/C=C\C/C=C\C/C=C\C/C=C\C/C=C\C/C=C\CCCCCCCC(=O)NC(COP(=O)([O-])OCC[N+](C)(C)C)C(O)CCCCCCCCCCCCCCCCCCCCCCCCC. The first-order valence-electron chi connectivity index (χ1n) is 29.9. The highest BCUT2D eigenvalue weighted by molar-refractivity contribution is 7.45. The van der Waals surface area contributed by atoms with E-state index >= 15 is 0 Å². The molecule has 0 aliphatic heterocycles. The second-order valence-corrected chi connectivity index (χ2v) is 22.7. The summed E-state index contributed by atoms with van der Waals surface area (Å²) in [5.74, 6) is -0.184. The van der Waals surface area contributed by atoms with Gasteiger partial charge in [0.05, 0.1) is 39.9 Å². The molecule has 0 spiro atoms. The van der Waals surface area contributed by atoms with Crippen molar-refractivity contribution in [1.29, 1.82) is 0 Å². The lowest BCUT2D eigenvalue weighted by Gasteiger charge is -2.30. The molecule has 0 bridgehead atoms. The average molecular weight is 1030 g/mol. The second-order valence-electron chi connectivity index (χ2n) is 21.3. The molecule has 0 heterocycles. The second kappa shape index (κ2) is 53.5. The van der Waals surface area contributed by atoms with Gasteiger partial charge in [-0.25, -0.2) is 0 Å². The highest BCUT2D eigenvalue weighted by Crippen LogP contribution is 2.38. The Labute approximate surface area is 446 Å². The van der Waals surface area contributed by atoms with Gasteiger partial charge < -0.3 is 28.8 Å². The molecule has 3 unspecified atom stereocenters. The number of unbranched alkanes of at least 4 members (excludes halogenated alkanes) is 27. The number of likely N-dealkylation sites (N-methyl/N-ethyl adjacent to an activating group) is 1. The third-order valence-electron chi connectivity index (χ3n) is 13.1. The number of hydrogen-bond donors (Lipinski definition) is 2. The summed E-state index contributed by atoms with van der Waals surface area (Å²) in [5, 5.41) is 14.0. The Morgan fingerprint density at radius 2 is 0.847 bits per heavy atom. The van der Waals surface area contributed by atoms with Crippen LogP contribution in [0, 0.1) is 0 Å². The summed E-state index contributed by atoms with van der Waals surface area (Å²) in [7, 11) is 1.28. The number of amides is 1. The van der Waals surface area contributed by atoms with E-state index in [0.717, 1.165) is 103 Å². The largest absolute Gasteiger partial charge is 0.756 e. The molecule has 0 fully saturated rings. The van der Waals surface area contributed by atoms with Crippen LogP contribution in [0.15, 0.2) is 85.1 Å². The van der Waals surface area contributed by atoms with Crippen LogP contribution in [-0.2, 0) is 18.4 Å². The van der Waals surface area contributed by atoms with Crippen LogP contribution in [0.4, 0.5) is 0 Å². The molecule has 0 aliphatic rings. The van der Waals surface area contributed by atoms with E-state index < -0.39 is 20.0 Å². The topological polar surface area (TPSA) is 108 Å². The summed E-state index contributed by atoms with van der Waals surface area (Å²) >= 11 is 0. The highest BCUT2D eigenvalue weighted by atomic mass is 31.2. The maximum Gasteiger partial charge on any atom is 0.268 e. The van der Waals surface area contributed by atoms with Gasteiger partial charge in [0.2, 0.25) is 5.91 Å². The lowest BCUT2D eigenvalue weighted by Crippen LogP contribution is -2.46. The fourth-order valence-corrected chi connectivity index (χ4v) is 9.22. The van der Waals surface area contributed by atoms with Crippen LogP contribution in [-0.4, -0.2) is 68.5 Å². The number of phosphoric acid groups is 1. The molecule has 418 valence electrons. The molecule has 2 N–H and O–H groups in total. The van der Waals surface area contributed by atoms with E-state index in [1.165, 1.54) is 128 Å². The zero-order valence-electron chi connectivity index (χ0n) is 47.6. The third kappa shape index (κ3) is 55.4. The smallest absolute Gasteiger partial charge is 0.268 e. The van der Waals surface area contributed by atoms with Crippen molar-refractivity contribution in [3.63, 3.8) is 0 Å². The Morgan fingerprint density at radius 3 is 1.24 bits per heavy atom. The zero-order chi connectivity index (χ0) is 52.7. The average Bonchev–Trinajstić information content (AvgIpc) is 3.34. The Balaban J connectivity index is 4.23. The van der Waals surface area contributed by atoms with Crippen molar-refractivity contribution < 1.29 is 32.9 Å². The molecular weight excluding hydrogens is 912 g/mol. The van der Waals surface area contributed by atoms with Crippen molar-refractivity contribution in [1.82, 2.24) is 5.32 Å². The van der Waals surface area contributed by atoms with Crippen LogP contribution < -0.4 is 10.2 Å². The quantitative estimate of drug-likeness (QED) is 0.0272. The number of aliphatic hydroxyl groups excluding tert-OH is 1. The normalized spacial score (nSPS) is 14.5. The first-order valence-corrected chi connectivity index (χ1v) is 31.4. The van der Waals surface area contributed by atoms with Gasteiger partial charge in [-0.05, 0) is 70.6 Å². The molecule has 0 rings (SSSR count). The van der Waals surface area contributed by atoms with Crippen LogP contribution in [0.5, 0.6) is 0 Å². The standard InChI is InChI=1S/C63H115N2O6P/c1-6-8-10-12-14-16-18-20-22-24-26-28-30-31-32-33-35-37-39-41-43-45-47-49-51-53-55-57-63(67)64-61(60-71-72(68,69)70-59-58-65(3,4)5)62(66)56-54-52-50-48-46-44-42-40-38-36-34-29-27-25-23-21-19-17-15-13-11-9-7-2/h8,10,14,16,20,22,26,28,31-32,35,37,41,43,61-62,66H,6-7,9,11-13,15,17-19,21,23-25,27,29-30,33-34,36,38-40,42,44-60H2,1-5H3,(H-,64,67,68,69)/b10-8-,16-14-,22-20-,28-26-,32-31-,37-35-,43-41-. The number of hydrogen-bond acceptors (Lipinski definition) is 6. The number of rotatable bonds is 54. The summed E-state index contributed by atoms with van der Waals surface area (Å²) in [5.41, 5.74) is 0. The van der Waals surface area contributed by atoms with E-state index in [-0.39, 0.29) is 19.1 Å². The van der Waals surface area contributed by atoms with Crippen molar-refractivity contribution in [2.24, 2.45) is 0 Å². The Bertz CT molecular complexity index is 1450. The number of quaternary nitrogens is 1. The molecular formula is C63H115N2O6P. The van der Waals surface area contributed by atoms with Gasteiger partial charge in [-0.3, -0.25) is 9.36 Å². The van der Waals surface area contributed by atoms with E-state index in [1.54, 1.807) is 0 Å². The summed E-state index contributed by atoms with van der Waals surface area (Å²) in [6.07, 6.45) is 74.7. The summed E-state index contributed by atoms with van der Waals surface area (Å²) in [6.45, 7) is 4.61. The molecule has 0 aromatic rings. The molecule has 0 saturated carbocycles. The third-order valence-corrected chi connectivity index (χ3v) is 14.1. The van der Waals surface area contributed by atoms with E-state index in [4.69, 9.17) is 9.05 Å². The first-order chi connectivity index (χ1) is 35.0. The van der Waals surface area contributed by atoms with Gasteiger partial charge in [0.1, 0.15) is 13.2 Å². The Hall–Kier alpha value is -2.32. The number of nitrogens with zero attached hydrogens (tertiary/aromatic N) is 1. The van der Waals surface area contributed by atoms with Gasteiger partial charge >= 0.3 is 0 Å². The number of aliphatic hydroxyl groups is 1. The lowest BCUT2D eigenvalue weighted by atomic mass is 10.0. The molecule has 1 amide bonds. The monoisotopic (exact) mass is 1030 g/mol. The van der Waals surface area contributed by atoms with Crippen molar-refractivity contribution in [2.45, 2.75) is 270 Å². The molecule has 3 atom stereocenters. The lowest BCUT2D eigenvalue weighted by molar-refractivity contribution is -0.870. The van der Waals surface area contributed by atoms with E-state index in [9.17, 15) is 19.4 Å². The molecule has 0 aliphatic carbocycles. The Morgan fingerprint density at radius 1 is 0.500 bits per heavy atom. The minimum absolute atomic E-state index is 0.00394. The van der Waals surface area contributed by atoms with Gasteiger partial charge in [0.25, 0.3) is 7.82 Å². The summed E-state index contributed by atoms with van der Waals surface area (Å²) in [4.78, 5) is 25.6. The maximum absolute atomic E-state index is 13.0. The molecule has 0 aromatic heterocycles. The summed E-state index contributed by atoms with van der Waals surface area (Å²) < 4.78 is 23.4. The van der Waals surface area contributed by atoms with Gasteiger partial charge in [0, 0.05) is 6.42 Å². The van der Waals surface area contributed by atoms with Crippen molar-refractivity contribution in [3.8, 4) is 0 Å². The van der Waals surface area contributed by atoms with E-state index in [1.807, 2.05) is 21.1 Å². The molecule has 0 aromatic carbocycles. The minimum atomic E-state index is -4.59. The summed E-state index contributed by atoms with van der Waals surface area (Å²) in [6, 6.07) is -0.818. The molecule has 9 heteroatoms. The van der Waals surface area contributed by atoms with Crippen molar-refractivity contribution in [2.75, 3.05) is 40.9 Å². The van der Waals surface area contributed by atoms with Gasteiger partial charge in [0.15, 0.2) is 0 Å². The van der Waals surface area contributed by atoms with Crippen LogP contribution >= 0.6 is 7.82 Å². The minimum Gasteiger partial charge on any atom is -0.756 e. The predicted octanol–water partition coefficient (Wildman–Crippen LogP) is 17.8. The van der Waals surface area contributed by atoms with Crippen LogP contribution in [0.25, 0.3) is 0 Å². The predicted molar refractivity (Wildman–Crippen MR) is 311 cm³/mol. The number of allylic oxidation sites excluding steroid dienone is 14. The van der Waals surface area contributed by atoms with Gasteiger partial charge in [-0.1, -0.05) is 266 Å². The molecule has 72 heavy (non-hydrogen) atoms. The van der Waals surface area contributed by atoms with Crippen molar-refractivity contribution >= 4 is 13.7 Å².